The van der Waals surface area contributed by atoms with Crippen LogP contribution in [0.1, 0.15) is 48.9 Å². The Hall–Kier alpha value is -2.10. The molecule has 2 aromatic carbocycles. The molecule has 158 valence electrons. The van der Waals surface area contributed by atoms with E-state index in [9.17, 15) is 4.39 Å². The number of rotatable bonds is 8. The number of halogens is 2. The Bertz CT molecular complexity index is 928. The van der Waals surface area contributed by atoms with Gasteiger partial charge in [0.25, 0.3) is 0 Å². The van der Waals surface area contributed by atoms with Crippen LogP contribution >= 0.6 is 11.6 Å². The second-order valence-corrected chi connectivity index (χ2v) is 8.93. The molecule has 1 aliphatic carbocycles. The molecule has 3 aromatic rings. The Labute approximate surface area is 184 Å². The van der Waals surface area contributed by atoms with Crippen molar-refractivity contribution < 1.29 is 4.39 Å². The van der Waals surface area contributed by atoms with Gasteiger partial charge in [-0.1, -0.05) is 61.2 Å². The maximum Gasteiger partial charge on any atom is 0.123 e. The van der Waals surface area contributed by atoms with Gasteiger partial charge in [0.1, 0.15) is 5.82 Å². The van der Waals surface area contributed by atoms with Crippen LogP contribution in [0.15, 0.2) is 66.9 Å². The summed E-state index contributed by atoms with van der Waals surface area (Å²) >= 11 is 6.48. The summed E-state index contributed by atoms with van der Waals surface area (Å²) < 4.78 is 15.5. The summed E-state index contributed by atoms with van der Waals surface area (Å²) in [5, 5.41) is 0.841. The molecule has 0 bridgehead atoms. The summed E-state index contributed by atoms with van der Waals surface area (Å²) in [6.07, 6.45) is 8.86. The summed E-state index contributed by atoms with van der Waals surface area (Å²) in [5.41, 5.74) is 3.58. The predicted molar refractivity (Wildman–Crippen MR) is 122 cm³/mol. The Morgan fingerprint density at radius 3 is 2.43 bits per heavy atom. The Balaban J connectivity index is 1.50. The first-order valence-corrected chi connectivity index (χ1v) is 11.4. The monoisotopic (exact) mass is 424 g/mol. The van der Waals surface area contributed by atoms with Gasteiger partial charge in [-0.25, -0.2) is 4.39 Å². The van der Waals surface area contributed by atoms with E-state index in [1.165, 1.54) is 55.5 Å². The van der Waals surface area contributed by atoms with Crippen molar-refractivity contribution in [1.82, 2.24) is 9.47 Å². The lowest BCUT2D eigenvalue weighted by atomic mass is 9.89. The summed E-state index contributed by atoms with van der Waals surface area (Å²) in [6.45, 7) is 3.60. The zero-order chi connectivity index (χ0) is 20.8. The third-order valence-electron chi connectivity index (χ3n) is 6.17. The van der Waals surface area contributed by atoms with E-state index in [2.05, 4.69) is 39.9 Å². The van der Waals surface area contributed by atoms with Gasteiger partial charge in [0, 0.05) is 43.1 Å². The standard InChI is InChI=1S/C26H30ClFN2/c27-26-11-5-4-9-23(26)19-29(17-21-7-2-1-3-8-21)20-25-10-6-16-30(25)18-22-12-14-24(28)15-13-22/h4-6,9-16,21H,1-3,7-8,17-20H2. The summed E-state index contributed by atoms with van der Waals surface area (Å²) in [4.78, 5) is 2.55. The molecule has 1 fully saturated rings. The number of hydrogen-bond acceptors (Lipinski definition) is 1. The fourth-order valence-corrected chi connectivity index (χ4v) is 4.75. The van der Waals surface area contributed by atoms with Crippen LogP contribution in [-0.2, 0) is 19.6 Å². The molecule has 0 radical (unpaired) electrons. The number of nitrogens with zero attached hydrogens (tertiary/aromatic N) is 2. The fourth-order valence-electron chi connectivity index (χ4n) is 4.55. The highest BCUT2D eigenvalue weighted by molar-refractivity contribution is 6.31. The molecule has 0 aliphatic heterocycles. The molecule has 30 heavy (non-hydrogen) atoms. The van der Waals surface area contributed by atoms with E-state index in [1.54, 1.807) is 0 Å². The van der Waals surface area contributed by atoms with Crippen molar-refractivity contribution in [1.29, 1.82) is 0 Å². The Morgan fingerprint density at radius 1 is 0.900 bits per heavy atom. The first kappa shape index (κ1) is 21.1. The Morgan fingerprint density at radius 2 is 1.67 bits per heavy atom. The van der Waals surface area contributed by atoms with Crippen LogP contribution < -0.4 is 0 Å². The van der Waals surface area contributed by atoms with Crippen molar-refractivity contribution in [3.05, 3.63) is 94.5 Å². The van der Waals surface area contributed by atoms with Gasteiger partial charge < -0.3 is 4.57 Å². The van der Waals surface area contributed by atoms with Gasteiger partial charge in [0.15, 0.2) is 0 Å². The van der Waals surface area contributed by atoms with E-state index in [1.807, 2.05) is 24.3 Å². The van der Waals surface area contributed by atoms with E-state index in [0.29, 0.717) is 0 Å². The van der Waals surface area contributed by atoms with Crippen LogP contribution in [0.25, 0.3) is 0 Å². The SMILES string of the molecule is Fc1ccc(Cn2cccc2CN(Cc2ccccc2Cl)CC2CCCCC2)cc1. The lowest BCUT2D eigenvalue weighted by Gasteiger charge is -2.30. The molecule has 1 heterocycles. The molecule has 0 unspecified atom stereocenters. The topological polar surface area (TPSA) is 8.17 Å². The van der Waals surface area contributed by atoms with Gasteiger partial charge in [-0.05, 0) is 60.2 Å². The summed E-state index contributed by atoms with van der Waals surface area (Å²) in [5.74, 6) is 0.576. The van der Waals surface area contributed by atoms with Crippen molar-refractivity contribution in [3.63, 3.8) is 0 Å². The number of hydrogen-bond donors (Lipinski definition) is 0. The minimum absolute atomic E-state index is 0.190. The minimum Gasteiger partial charge on any atom is -0.346 e. The van der Waals surface area contributed by atoms with Crippen LogP contribution in [0.4, 0.5) is 4.39 Å². The molecule has 0 spiro atoms. The lowest BCUT2D eigenvalue weighted by molar-refractivity contribution is 0.183. The van der Waals surface area contributed by atoms with E-state index >= 15 is 0 Å². The van der Waals surface area contributed by atoms with Crippen molar-refractivity contribution in [3.8, 4) is 0 Å². The third-order valence-corrected chi connectivity index (χ3v) is 6.54. The van der Waals surface area contributed by atoms with Gasteiger partial charge >= 0.3 is 0 Å². The molecular weight excluding hydrogens is 395 g/mol. The third kappa shape index (κ3) is 5.74. The summed E-state index contributed by atoms with van der Waals surface area (Å²) in [6, 6.07) is 19.3. The highest BCUT2D eigenvalue weighted by Gasteiger charge is 2.19. The molecule has 4 rings (SSSR count). The molecule has 0 saturated heterocycles. The number of benzene rings is 2. The molecule has 0 N–H and O–H groups in total. The van der Waals surface area contributed by atoms with E-state index < -0.39 is 0 Å². The largest absolute Gasteiger partial charge is 0.346 e. The average Bonchev–Trinajstić information content (AvgIpc) is 3.18. The van der Waals surface area contributed by atoms with Crippen molar-refractivity contribution >= 4 is 11.6 Å². The van der Waals surface area contributed by atoms with Crippen molar-refractivity contribution in [2.45, 2.75) is 51.7 Å². The zero-order valence-corrected chi connectivity index (χ0v) is 18.2. The maximum atomic E-state index is 13.3. The summed E-state index contributed by atoms with van der Waals surface area (Å²) in [7, 11) is 0. The van der Waals surface area contributed by atoms with Gasteiger partial charge in [-0.15, -0.1) is 0 Å². The average molecular weight is 425 g/mol. The van der Waals surface area contributed by atoms with E-state index in [-0.39, 0.29) is 5.82 Å². The van der Waals surface area contributed by atoms with E-state index in [4.69, 9.17) is 11.6 Å². The zero-order valence-electron chi connectivity index (χ0n) is 17.4. The van der Waals surface area contributed by atoms with Crippen LogP contribution in [-0.4, -0.2) is 16.0 Å². The molecule has 1 aliphatic rings. The Kier molecular flexibility index (Phi) is 7.24. The van der Waals surface area contributed by atoms with Crippen LogP contribution in [0.2, 0.25) is 5.02 Å². The second-order valence-electron chi connectivity index (χ2n) is 8.52. The maximum absolute atomic E-state index is 13.3. The first-order chi connectivity index (χ1) is 14.7. The lowest BCUT2D eigenvalue weighted by Crippen LogP contribution is -2.31. The molecule has 4 heteroatoms. The smallest absolute Gasteiger partial charge is 0.123 e. The second kappa shape index (κ2) is 10.3. The molecule has 2 nitrogen and oxygen atoms in total. The van der Waals surface area contributed by atoms with E-state index in [0.717, 1.165) is 42.7 Å². The normalized spacial score (nSPS) is 15.0. The number of aromatic nitrogens is 1. The highest BCUT2D eigenvalue weighted by Crippen LogP contribution is 2.27. The predicted octanol–water partition coefficient (Wildman–Crippen LogP) is 6.91. The van der Waals surface area contributed by atoms with Crippen LogP contribution in [0.5, 0.6) is 0 Å². The van der Waals surface area contributed by atoms with Gasteiger partial charge in [-0.3, -0.25) is 4.90 Å². The minimum atomic E-state index is -0.190. The molecule has 1 aromatic heterocycles. The van der Waals surface area contributed by atoms with Crippen LogP contribution in [0, 0.1) is 11.7 Å². The van der Waals surface area contributed by atoms with Gasteiger partial charge in [-0.2, -0.15) is 0 Å². The first-order valence-electron chi connectivity index (χ1n) is 11.0. The van der Waals surface area contributed by atoms with Crippen molar-refractivity contribution in [2.75, 3.05) is 6.54 Å². The molecular formula is C26H30ClFN2. The molecule has 0 atom stereocenters. The van der Waals surface area contributed by atoms with Crippen LogP contribution in [0.3, 0.4) is 0 Å². The van der Waals surface area contributed by atoms with Crippen molar-refractivity contribution in [2.24, 2.45) is 5.92 Å². The highest BCUT2D eigenvalue weighted by atomic mass is 35.5. The quantitative estimate of drug-likeness (QED) is 0.381. The molecule has 0 amide bonds. The molecule has 1 saturated carbocycles. The van der Waals surface area contributed by atoms with Gasteiger partial charge in [0.05, 0.1) is 0 Å². The fraction of sp³-hybridized carbons (Fsp3) is 0.385. The van der Waals surface area contributed by atoms with Gasteiger partial charge in [0.2, 0.25) is 0 Å².